The summed E-state index contributed by atoms with van der Waals surface area (Å²) in [6.07, 6.45) is -0.319. The van der Waals surface area contributed by atoms with Gasteiger partial charge in [-0.2, -0.15) is 5.10 Å². The molecular formula is C15H21N5O3. The van der Waals surface area contributed by atoms with Gasteiger partial charge in [0.15, 0.2) is 11.6 Å². The van der Waals surface area contributed by atoms with Crippen molar-refractivity contribution in [1.82, 2.24) is 25.2 Å². The fourth-order valence-electron chi connectivity index (χ4n) is 2.69. The van der Waals surface area contributed by atoms with Gasteiger partial charge in [-0.15, -0.1) is 0 Å². The summed E-state index contributed by atoms with van der Waals surface area (Å²) in [4.78, 5) is 19.0. The fraction of sp³-hybridized carbons (Fsp3) is 0.600. The van der Waals surface area contributed by atoms with E-state index in [2.05, 4.69) is 20.3 Å². The molecule has 3 rings (SSSR count). The lowest BCUT2D eigenvalue weighted by molar-refractivity contribution is -0.0267. The quantitative estimate of drug-likeness (QED) is 0.925. The second-order valence-corrected chi connectivity index (χ2v) is 6.05. The van der Waals surface area contributed by atoms with Gasteiger partial charge in [-0.3, -0.25) is 9.89 Å². The third-order valence-electron chi connectivity index (χ3n) is 3.88. The van der Waals surface area contributed by atoms with Gasteiger partial charge in [-0.05, 0) is 13.8 Å². The molecular weight excluding hydrogens is 298 g/mol. The third kappa shape index (κ3) is 2.98. The van der Waals surface area contributed by atoms with Crippen molar-refractivity contribution in [2.75, 3.05) is 19.7 Å². The van der Waals surface area contributed by atoms with Gasteiger partial charge in [-0.1, -0.05) is 19.0 Å². The van der Waals surface area contributed by atoms with E-state index in [-0.39, 0.29) is 17.9 Å². The second-order valence-electron chi connectivity index (χ2n) is 6.05. The number of aromatic amines is 1. The SMILES string of the molecule is Cc1nc([C@H]2CN(C(=O)c3c(C)noc3C(C)C)CCO2)n[nH]1. The summed E-state index contributed by atoms with van der Waals surface area (Å²) in [6.45, 7) is 8.98. The van der Waals surface area contributed by atoms with E-state index >= 15 is 0 Å². The van der Waals surface area contributed by atoms with Gasteiger partial charge in [0.1, 0.15) is 17.5 Å². The Kier molecular flexibility index (Phi) is 4.16. The molecule has 8 heteroatoms. The molecule has 1 amide bonds. The van der Waals surface area contributed by atoms with Crippen molar-refractivity contribution in [3.63, 3.8) is 0 Å². The summed E-state index contributed by atoms with van der Waals surface area (Å²) in [7, 11) is 0. The molecule has 3 heterocycles. The maximum absolute atomic E-state index is 12.9. The summed E-state index contributed by atoms with van der Waals surface area (Å²) in [6, 6.07) is 0. The smallest absolute Gasteiger partial charge is 0.259 e. The molecule has 0 unspecified atom stereocenters. The first kappa shape index (κ1) is 15.7. The van der Waals surface area contributed by atoms with Crippen molar-refractivity contribution in [3.8, 4) is 0 Å². The molecule has 1 N–H and O–H groups in total. The minimum atomic E-state index is -0.319. The first-order chi connectivity index (χ1) is 11.0. The van der Waals surface area contributed by atoms with Crippen LogP contribution in [0.15, 0.2) is 4.52 Å². The van der Waals surface area contributed by atoms with Gasteiger partial charge >= 0.3 is 0 Å². The first-order valence-corrected chi connectivity index (χ1v) is 7.73. The first-order valence-electron chi connectivity index (χ1n) is 7.73. The van der Waals surface area contributed by atoms with Crippen LogP contribution in [-0.2, 0) is 4.74 Å². The van der Waals surface area contributed by atoms with Crippen LogP contribution in [0.3, 0.4) is 0 Å². The summed E-state index contributed by atoms with van der Waals surface area (Å²) >= 11 is 0. The van der Waals surface area contributed by atoms with Crippen LogP contribution in [0.2, 0.25) is 0 Å². The van der Waals surface area contributed by atoms with Crippen molar-refractivity contribution in [2.24, 2.45) is 0 Å². The highest BCUT2D eigenvalue weighted by atomic mass is 16.5. The predicted molar refractivity (Wildman–Crippen MR) is 81.0 cm³/mol. The van der Waals surface area contributed by atoms with Crippen molar-refractivity contribution in [1.29, 1.82) is 0 Å². The molecule has 1 atom stereocenters. The molecule has 23 heavy (non-hydrogen) atoms. The van der Waals surface area contributed by atoms with E-state index in [1.807, 2.05) is 20.8 Å². The van der Waals surface area contributed by atoms with Crippen LogP contribution in [0.1, 0.15) is 59.3 Å². The maximum Gasteiger partial charge on any atom is 0.259 e. The van der Waals surface area contributed by atoms with Crippen LogP contribution in [0.25, 0.3) is 0 Å². The normalized spacial score (nSPS) is 18.7. The van der Waals surface area contributed by atoms with E-state index in [1.54, 1.807) is 11.8 Å². The number of carbonyl (C=O) groups excluding carboxylic acids is 1. The molecule has 0 aromatic carbocycles. The van der Waals surface area contributed by atoms with Crippen LogP contribution in [0.5, 0.6) is 0 Å². The number of aryl methyl sites for hydroxylation is 2. The molecule has 8 nitrogen and oxygen atoms in total. The van der Waals surface area contributed by atoms with E-state index < -0.39 is 0 Å². The number of hydrogen-bond acceptors (Lipinski definition) is 6. The number of amides is 1. The van der Waals surface area contributed by atoms with E-state index in [1.165, 1.54) is 0 Å². The number of aromatic nitrogens is 4. The zero-order valence-electron chi connectivity index (χ0n) is 13.8. The molecule has 1 fully saturated rings. The topological polar surface area (TPSA) is 97.1 Å². The summed E-state index contributed by atoms with van der Waals surface area (Å²) < 4.78 is 11.0. The van der Waals surface area contributed by atoms with Gasteiger partial charge in [0.2, 0.25) is 0 Å². The number of H-pyrrole nitrogens is 1. The lowest BCUT2D eigenvalue weighted by atomic mass is 10.0. The number of carbonyl (C=O) groups is 1. The summed E-state index contributed by atoms with van der Waals surface area (Å²) in [5.74, 6) is 1.95. The highest BCUT2D eigenvalue weighted by molar-refractivity contribution is 5.96. The molecule has 0 spiro atoms. The van der Waals surface area contributed by atoms with Crippen LogP contribution < -0.4 is 0 Å². The average Bonchev–Trinajstić information content (AvgIpc) is 3.13. The van der Waals surface area contributed by atoms with Gasteiger partial charge in [0, 0.05) is 12.5 Å². The number of nitrogens with zero attached hydrogens (tertiary/aromatic N) is 4. The molecule has 2 aromatic rings. The monoisotopic (exact) mass is 319 g/mol. The molecule has 1 aliphatic rings. The fourth-order valence-corrected chi connectivity index (χ4v) is 2.69. The Morgan fingerprint density at radius 1 is 1.39 bits per heavy atom. The second kappa shape index (κ2) is 6.11. The molecule has 0 bridgehead atoms. The number of hydrogen-bond donors (Lipinski definition) is 1. The lowest BCUT2D eigenvalue weighted by Gasteiger charge is -2.31. The van der Waals surface area contributed by atoms with Crippen LogP contribution in [-0.4, -0.2) is 50.8 Å². The molecule has 124 valence electrons. The number of rotatable bonds is 3. The minimum Gasteiger partial charge on any atom is -0.366 e. The van der Waals surface area contributed by atoms with Gasteiger partial charge in [0.25, 0.3) is 5.91 Å². The summed E-state index contributed by atoms with van der Waals surface area (Å²) in [5.41, 5.74) is 1.18. The van der Waals surface area contributed by atoms with Crippen molar-refractivity contribution >= 4 is 5.91 Å². The van der Waals surface area contributed by atoms with Crippen molar-refractivity contribution in [3.05, 3.63) is 28.7 Å². The van der Waals surface area contributed by atoms with Crippen molar-refractivity contribution < 1.29 is 14.1 Å². The van der Waals surface area contributed by atoms with Crippen LogP contribution >= 0.6 is 0 Å². The van der Waals surface area contributed by atoms with Gasteiger partial charge in [-0.25, -0.2) is 4.98 Å². The minimum absolute atomic E-state index is 0.0759. The largest absolute Gasteiger partial charge is 0.366 e. The standard InChI is InChI=1S/C15H21N5O3/c1-8(2)13-12(9(3)19-23-13)15(21)20-5-6-22-11(7-20)14-16-10(4)17-18-14/h8,11H,5-7H2,1-4H3,(H,16,17,18)/t11-/m1/s1. The average molecular weight is 319 g/mol. The lowest BCUT2D eigenvalue weighted by Crippen LogP contribution is -2.43. The van der Waals surface area contributed by atoms with Gasteiger partial charge < -0.3 is 14.2 Å². The molecule has 0 saturated carbocycles. The van der Waals surface area contributed by atoms with Crippen molar-refractivity contribution in [2.45, 2.75) is 39.7 Å². The number of ether oxygens (including phenoxy) is 1. The van der Waals surface area contributed by atoms with E-state index in [4.69, 9.17) is 9.26 Å². The van der Waals surface area contributed by atoms with Gasteiger partial charge in [0.05, 0.1) is 18.8 Å². The Labute approximate surface area is 134 Å². The van der Waals surface area contributed by atoms with Crippen LogP contribution in [0.4, 0.5) is 0 Å². The number of morpholine rings is 1. The Hall–Kier alpha value is -2.22. The Balaban J connectivity index is 1.81. The zero-order valence-corrected chi connectivity index (χ0v) is 13.8. The van der Waals surface area contributed by atoms with Crippen LogP contribution in [0, 0.1) is 13.8 Å². The molecule has 2 aromatic heterocycles. The molecule has 1 aliphatic heterocycles. The molecule has 0 radical (unpaired) electrons. The summed E-state index contributed by atoms with van der Waals surface area (Å²) in [5, 5.41) is 10.9. The third-order valence-corrected chi connectivity index (χ3v) is 3.88. The van der Waals surface area contributed by atoms with E-state index in [0.29, 0.717) is 42.5 Å². The Bertz CT molecular complexity index is 706. The Morgan fingerprint density at radius 2 is 2.17 bits per heavy atom. The molecule has 0 aliphatic carbocycles. The highest BCUT2D eigenvalue weighted by Crippen LogP contribution is 2.26. The maximum atomic E-state index is 12.9. The van der Waals surface area contributed by atoms with E-state index in [9.17, 15) is 4.79 Å². The molecule has 1 saturated heterocycles. The highest BCUT2D eigenvalue weighted by Gasteiger charge is 2.32. The predicted octanol–water partition coefficient (Wildman–Crippen LogP) is 1.75. The number of nitrogens with one attached hydrogen (secondary N) is 1. The zero-order chi connectivity index (χ0) is 16.6. The Morgan fingerprint density at radius 3 is 2.83 bits per heavy atom. The van der Waals surface area contributed by atoms with E-state index in [0.717, 1.165) is 5.82 Å².